The molecule has 9 heteroatoms. The second-order valence-corrected chi connectivity index (χ2v) is 13.8. The highest BCUT2D eigenvalue weighted by Crippen LogP contribution is 2.31. The summed E-state index contributed by atoms with van der Waals surface area (Å²) >= 11 is 0. The smallest absolute Gasteiger partial charge is 0.408 e. The van der Waals surface area contributed by atoms with Crippen LogP contribution in [0.5, 0.6) is 0 Å². The van der Waals surface area contributed by atoms with E-state index in [4.69, 9.17) is 9.47 Å². The first-order valence-electron chi connectivity index (χ1n) is 14.6. The maximum absolute atomic E-state index is 14.3. The highest BCUT2D eigenvalue weighted by atomic mass is 16.6. The van der Waals surface area contributed by atoms with Crippen LogP contribution in [0.1, 0.15) is 92.0 Å². The van der Waals surface area contributed by atoms with E-state index < -0.39 is 58.7 Å². The topological polar surface area (TPSA) is 114 Å². The maximum atomic E-state index is 14.3. The second-order valence-electron chi connectivity index (χ2n) is 13.8. The number of ether oxygens (including phenoxy) is 2. The van der Waals surface area contributed by atoms with Crippen molar-refractivity contribution in [2.75, 3.05) is 0 Å². The van der Waals surface area contributed by atoms with Crippen LogP contribution in [0, 0.1) is 6.92 Å². The van der Waals surface area contributed by atoms with Gasteiger partial charge in [0.1, 0.15) is 29.3 Å². The minimum Gasteiger partial charge on any atom is -0.458 e. The van der Waals surface area contributed by atoms with E-state index in [-0.39, 0.29) is 6.42 Å². The molecule has 9 nitrogen and oxygen atoms in total. The van der Waals surface area contributed by atoms with E-state index in [9.17, 15) is 19.2 Å². The minimum absolute atomic E-state index is 0.197. The molecule has 0 aromatic heterocycles. The zero-order valence-corrected chi connectivity index (χ0v) is 27.5. The number of carbonyl (C=O) groups excluding carboxylic acids is 4. The molecule has 236 valence electrons. The van der Waals surface area contributed by atoms with Gasteiger partial charge in [0.25, 0.3) is 0 Å². The number of nitrogens with one attached hydrogen (secondary N) is 2. The van der Waals surface area contributed by atoms with Crippen LogP contribution in [0.15, 0.2) is 54.6 Å². The molecule has 0 bridgehead atoms. The van der Waals surface area contributed by atoms with Gasteiger partial charge in [-0.1, -0.05) is 60.2 Å². The fourth-order valence-electron chi connectivity index (χ4n) is 4.52. The molecule has 0 spiro atoms. The number of hydrogen-bond donors (Lipinski definition) is 2. The van der Waals surface area contributed by atoms with Crippen LogP contribution in [0.2, 0.25) is 0 Å². The van der Waals surface area contributed by atoms with Gasteiger partial charge in [0, 0.05) is 12.0 Å². The SMILES string of the molecule is Cc1cccc(C(C(=O)NC(Cc2ccccc2)C(=O)OC(C)(C)C)N(C(=O)C(C)NC(=O)OC(C)(C)C)C(C)(C)C)c1. The quantitative estimate of drug-likeness (QED) is 0.363. The summed E-state index contributed by atoms with van der Waals surface area (Å²) in [4.78, 5) is 55.8. The second kappa shape index (κ2) is 14.1. The Hall–Kier alpha value is -3.88. The molecule has 2 rings (SSSR count). The molecule has 43 heavy (non-hydrogen) atoms. The van der Waals surface area contributed by atoms with Crippen molar-refractivity contribution in [1.82, 2.24) is 15.5 Å². The third kappa shape index (κ3) is 11.4. The van der Waals surface area contributed by atoms with Gasteiger partial charge in [-0.25, -0.2) is 9.59 Å². The van der Waals surface area contributed by atoms with E-state index in [1.54, 1.807) is 54.5 Å². The molecule has 0 saturated heterocycles. The predicted molar refractivity (Wildman–Crippen MR) is 167 cm³/mol. The van der Waals surface area contributed by atoms with Gasteiger partial charge in [0.05, 0.1) is 0 Å². The van der Waals surface area contributed by atoms with Crippen LogP contribution in [-0.2, 0) is 30.3 Å². The van der Waals surface area contributed by atoms with Gasteiger partial charge in [0.15, 0.2) is 0 Å². The van der Waals surface area contributed by atoms with E-state index in [2.05, 4.69) is 10.6 Å². The molecule has 3 amide bonds. The summed E-state index contributed by atoms with van der Waals surface area (Å²) in [7, 11) is 0. The van der Waals surface area contributed by atoms with Crippen LogP contribution >= 0.6 is 0 Å². The number of nitrogens with zero attached hydrogens (tertiary/aromatic N) is 1. The number of benzene rings is 2. The third-order valence-corrected chi connectivity index (χ3v) is 6.22. The molecule has 2 N–H and O–H groups in total. The molecule has 0 fully saturated rings. The Morgan fingerprint density at radius 3 is 1.88 bits per heavy atom. The molecule has 0 heterocycles. The highest BCUT2D eigenvalue weighted by Gasteiger charge is 2.42. The molecule has 0 saturated carbocycles. The van der Waals surface area contributed by atoms with Gasteiger partial charge in [-0.3, -0.25) is 9.59 Å². The Morgan fingerprint density at radius 2 is 1.37 bits per heavy atom. The summed E-state index contributed by atoms with van der Waals surface area (Å²) < 4.78 is 11.0. The van der Waals surface area contributed by atoms with Gasteiger partial charge >= 0.3 is 12.1 Å². The fourth-order valence-corrected chi connectivity index (χ4v) is 4.52. The number of alkyl carbamates (subject to hydrolysis) is 1. The summed E-state index contributed by atoms with van der Waals surface area (Å²) in [6.07, 6.45) is -0.547. The first-order valence-corrected chi connectivity index (χ1v) is 14.6. The van der Waals surface area contributed by atoms with Crippen molar-refractivity contribution in [3.63, 3.8) is 0 Å². The molecular weight excluding hydrogens is 546 g/mol. The third-order valence-electron chi connectivity index (χ3n) is 6.22. The summed E-state index contributed by atoms with van der Waals surface area (Å²) in [5, 5.41) is 5.51. The van der Waals surface area contributed by atoms with E-state index in [1.165, 1.54) is 4.90 Å². The van der Waals surface area contributed by atoms with Gasteiger partial charge in [-0.2, -0.15) is 0 Å². The summed E-state index contributed by atoms with van der Waals surface area (Å²) in [5.41, 5.74) is -0.103. The van der Waals surface area contributed by atoms with Crippen molar-refractivity contribution >= 4 is 23.9 Å². The average Bonchev–Trinajstić information content (AvgIpc) is 2.84. The Morgan fingerprint density at radius 1 is 0.791 bits per heavy atom. The van der Waals surface area contributed by atoms with Crippen molar-refractivity contribution < 1.29 is 28.7 Å². The van der Waals surface area contributed by atoms with Gasteiger partial charge in [0.2, 0.25) is 11.8 Å². The molecule has 0 radical (unpaired) electrons. The number of esters is 1. The largest absolute Gasteiger partial charge is 0.458 e. The molecule has 2 aromatic carbocycles. The normalized spacial score (nSPS) is 14.1. The van der Waals surface area contributed by atoms with E-state index in [1.807, 2.05) is 76.2 Å². The zero-order chi connectivity index (χ0) is 32.8. The van der Waals surface area contributed by atoms with Gasteiger partial charge < -0.3 is 25.0 Å². The average molecular weight is 596 g/mol. The number of carbonyl (C=O) groups is 4. The van der Waals surface area contributed by atoms with Gasteiger partial charge in [-0.05, 0) is 87.3 Å². The summed E-state index contributed by atoms with van der Waals surface area (Å²) in [6.45, 7) is 19.4. The summed E-state index contributed by atoms with van der Waals surface area (Å²) in [5.74, 6) is -1.62. The van der Waals surface area contributed by atoms with E-state index in [0.29, 0.717) is 5.56 Å². The number of rotatable bonds is 9. The zero-order valence-electron chi connectivity index (χ0n) is 27.5. The number of hydrogen-bond acceptors (Lipinski definition) is 6. The first-order chi connectivity index (χ1) is 19.7. The summed E-state index contributed by atoms with van der Waals surface area (Å²) in [6, 6.07) is 13.5. The van der Waals surface area contributed by atoms with Crippen LogP contribution < -0.4 is 10.6 Å². The van der Waals surface area contributed by atoms with Crippen molar-refractivity contribution in [3.8, 4) is 0 Å². The molecule has 0 aliphatic carbocycles. The van der Waals surface area contributed by atoms with Crippen LogP contribution in [0.25, 0.3) is 0 Å². The lowest BCUT2D eigenvalue weighted by Gasteiger charge is -2.43. The monoisotopic (exact) mass is 595 g/mol. The maximum Gasteiger partial charge on any atom is 0.408 e. The molecule has 0 aliphatic rings. The molecule has 3 unspecified atom stereocenters. The fraction of sp³-hybridized carbons (Fsp3) is 0.529. The predicted octanol–water partition coefficient (Wildman–Crippen LogP) is 5.65. The Bertz CT molecular complexity index is 1270. The lowest BCUT2D eigenvalue weighted by Crippen LogP contribution is -2.59. The minimum atomic E-state index is -1.13. The Labute approximate surface area is 256 Å². The van der Waals surface area contributed by atoms with E-state index in [0.717, 1.165) is 11.1 Å². The lowest BCUT2D eigenvalue weighted by atomic mass is 9.94. The van der Waals surface area contributed by atoms with Crippen LogP contribution in [-0.4, -0.2) is 57.6 Å². The van der Waals surface area contributed by atoms with Crippen molar-refractivity contribution in [2.45, 2.75) is 117 Å². The molecule has 3 atom stereocenters. The van der Waals surface area contributed by atoms with Crippen LogP contribution in [0.4, 0.5) is 4.79 Å². The highest BCUT2D eigenvalue weighted by molar-refractivity contribution is 5.94. The van der Waals surface area contributed by atoms with Crippen molar-refractivity contribution in [1.29, 1.82) is 0 Å². The molecule has 2 aromatic rings. The van der Waals surface area contributed by atoms with E-state index >= 15 is 0 Å². The molecular formula is C34H49N3O6. The number of amides is 3. The Balaban J connectivity index is 2.56. The first kappa shape index (κ1) is 35.3. The lowest BCUT2D eigenvalue weighted by molar-refractivity contribution is -0.159. The standard InChI is InChI=1S/C34H49N3O6/c1-22-16-15-19-25(20-22)27(37(32(3,4)5)29(39)23(2)35-31(41)43-34(9,10)11)28(38)36-26(30(40)42-33(6,7)8)21-24-17-13-12-14-18-24/h12-20,23,26-27H,21H2,1-11H3,(H,35,41)(H,36,38). The van der Waals surface area contributed by atoms with Crippen molar-refractivity contribution in [2.24, 2.45) is 0 Å². The Kier molecular flexibility index (Phi) is 11.5. The van der Waals surface area contributed by atoms with Crippen molar-refractivity contribution in [3.05, 3.63) is 71.3 Å². The van der Waals surface area contributed by atoms with Crippen LogP contribution in [0.3, 0.4) is 0 Å². The number of aryl methyl sites for hydroxylation is 1. The molecule has 0 aliphatic heterocycles. The van der Waals surface area contributed by atoms with Gasteiger partial charge in [-0.15, -0.1) is 0 Å².